The third-order valence-corrected chi connectivity index (χ3v) is 5.15. The van der Waals surface area contributed by atoms with Gasteiger partial charge in [0.2, 0.25) is 5.91 Å². The summed E-state index contributed by atoms with van der Waals surface area (Å²) >= 11 is 1.09. The number of anilines is 1. The smallest absolute Gasteiger partial charge is 0.273 e. The van der Waals surface area contributed by atoms with Crippen molar-refractivity contribution >= 4 is 33.3 Å². The molecule has 3 heterocycles. The summed E-state index contributed by atoms with van der Waals surface area (Å²) in [5.74, 6) is 0.184. The number of carbonyl (C=O) groups excluding carboxylic acids is 1. The molecule has 4 aromatic rings. The summed E-state index contributed by atoms with van der Waals surface area (Å²) in [6, 6.07) is 11.2. The lowest BCUT2D eigenvalue weighted by molar-refractivity contribution is -0.116. The molecule has 0 saturated heterocycles. The van der Waals surface area contributed by atoms with E-state index in [4.69, 9.17) is 0 Å². The van der Waals surface area contributed by atoms with Crippen LogP contribution in [-0.4, -0.2) is 24.8 Å². The van der Waals surface area contributed by atoms with Gasteiger partial charge in [-0.25, -0.2) is 4.98 Å². The number of pyridine rings is 1. The highest BCUT2D eigenvalue weighted by Crippen LogP contribution is 2.27. The Morgan fingerprint density at radius 1 is 1.18 bits per heavy atom. The van der Waals surface area contributed by atoms with E-state index in [-0.39, 0.29) is 18.0 Å². The molecular weight excluding hydrogens is 374 g/mol. The lowest BCUT2D eigenvalue weighted by Gasteiger charge is -2.10. The van der Waals surface area contributed by atoms with Crippen LogP contribution in [0.2, 0.25) is 0 Å². The number of aryl methyl sites for hydroxylation is 2. The van der Waals surface area contributed by atoms with Crippen LogP contribution in [-0.2, 0) is 11.3 Å². The number of nitrogens with one attached hydrogen (secondary N) is 1. The Bertz CT molecular complexity index is 1230. The fraction of sp³-hybridized carbons (Fsp3) is 0.150. The second-order valence-corrected chi connectivity index (χ2v) is 7.19. The van der Waals surface area contributed by atoms with Crippen molar-refractivity contribution in [1.82, 2.24) is 18.9 Å². The van der Waals surface area contributed by atoms with Crippen LogP contribution in [0.25, 0.3) is 21.5 Å². The number of carbonyl (C=O) groups is 1. The van der Waals surface area contributed by atoms with Gasteiger partial charge in [-0.1, -0.05) is 12.1 Å². The lowest BCUT2D eigenvalue weighted by Crippen LogP contribution is -2.29. The first-order valence-electron chi connectivity index (χ1n) is 8.66. The van der Waals surface area contributed by atoms with Crippen molar-refractivity contribution in [3.05, 3.63) is 70.5 Å². The molecule has 0 spiro atoms. The maximum atomic E-state index is 12.9. The van der Waals surface area contributed by atoms with Crippen LogP contribution < -0.4 is 10.9 Å². The minimum atomic E-state index is -0.282. The van der Waals surface area contributed by atoms with Gasteiger partial charge < -0.3 is 5.32 Å². The van der Waals surface area contributed by atoms with Gasteiger partial charge in [0.15, 0.2) is 0 Å². The minimum Gasteiger partial charge on any atom is -0.325 e. The zero-order valence-electron chi connectivity index (χ0n) is 15.3. The van der Waals surface area contributed by atoms with Gasteiger partial charge in [-0.2, -0.15) is 4.37 Å². The average Bonchev–Trinajstić information content (AvgIpc) is 3.09. The van der Waals surface area contributed by atoms with Gasteiger partial charge in [-0.05, 0) is 55.2 Å². The zero-order chi connectivity index (χ0) is 19.7. The van der Waals surface area contributed by atoms with E-state index in [0.717, 1.165) is 22.7 Å². The largest absolute Gasteiger partial charge is 0.325 e. The highest BCUT2D eigenvalue weighted by atomic mass is 32.1. The quantitative estimate of drug-likeness (QED) is 0.577. The summed E-state index contributed by atoms with van der Waals surface area (Å²) in [4.78, 5) is 33.9. The molecule has 0 aliphatic heterocycles. The molecule has 0 unspecified atom stereocenters. The van der Waals surface area contributed by atoms with Crippen molar-refractivity contribution < 1.29 is 4.79 Å². The first-order chi connectivity index (χ1) is 13.5. The van der Waals surface area contributed by atoms with Crippen molar-refractivity contribution in [3.8, 4) is 11.3 Å². The summed E-state index contributed by atoms with van der Waals surface area (Å²) in [6.07, 6.45) is 3.34. The van der Waals surface area contributed by atoms with Crippen LogP contribution in [0.15, 0.2) is 53.6 Å². The minimum absolute atomic E-state index is 0.107. The number of amides is 1. The van der Waals surface area contributed by atoms with E-state index in [1.165, 1.54) is 4.57 Å². The molecule has 0 atom stereocenters. The highest BCUT2D eigenvalue weighted by Gasteiger charge is 2.18. The SMILES string of the molecule is Cc1cccc(NC(=O)Cn2c(C)nc3c(-c4ccncc4)nsc3c2=O)c1. The molecule has 7 nitrogen and oxygen atoms in total. The molecule has 0 aliphatic carbocycles. The Kier molecular flexibility index (Phi) is 4.70. The number of nitrogens with zero attached hydrogens (tertiary/aromatic N) is 4. The second kappa shape index (κ2) is 7.32. The Morgan fingerprint density at radius 3 is 2.71 bits per heavy atom. The molecule has 1 N–H and O–H groups in total. The molecule has 28 heavy (non-hydrogen) atoms. The molecule has 0 saturated carbocycles. The summed E-state index contributed by atoms with van der Waals surface area (Å²) in [5.41, 5.74) is 3.53. The number of hydrogen-bond acceptors (Lipinski definition) is 6. The van der Waals surface area contributed by atoms with Gasteiger partial charge in [-0.15, -0.1) is 0 Å². The van der Waals surface area contributed by atoms with Crippen molar-refractivity contribution in [3.63, 3.8) is 0 Å². The number of rotatable bonds is 4. The van der Waals surface area contributed by atoms with E-state index >= 15 is 0 Å². The van der Waals surface area contributed by atoms with Crippen molar-refractivity contribution in [2.45, 2.75) is 20.4 Å². The summed E-state index contributed by atoms with van der Waals surface area (Å²) in [6.45, 7) is 3.56. The summed E-state index contributed by atoms with van der Waals surface area (Å²) in [5, 5.41) is 2.82. The Hall–Kier alpha value is -3.39. The van der Waals surface area contributed by atoms with Crippen LogP contribution in [0.1, 0.15) is 11.4 Å². The molecule has 4 rings (SSSR count). The molecule has 0 aliphatic rings. The molecule has 8 heteroatoms. The zero-order valence-corrected chi connectivity index (χ0v) is 16.2. The van der Waals surface area contributed by atoms with Crippen LogP contribution in [0.4, 0.5) is 5.69 Å². The van der Waals surface area contributed by atoms with Gasteiger partial charge in [0.25, 0.3) is 5.56 Å². The van der Waals surface area contributed by atoms with E-state index in [0.29, 0.717) is 27.4 Å². The average molecular weight is 391 g/mol. The Balaban J connectivity index is 1.67. The molecule has 140 valence electrons. The van der Waals surface area contributed by atoms with Crippen LogP contribution in [0, 0.1) is 13.8 Å². The first-order valence-corrected chi connectivity index (χ1v) is 9.44. The lowest BCUT2D eigenvalue weighted by atomic mass is 10.2. The van der Waals surface area contributed by atoms with Gasteiger partial charge in [0.05, 0.1) is 0 Å². The first kappa shape index (κ1) is 18.0. The maximum absolute atomic E-state index is 12.9. The molecule has 0 bridgehead atoms. The van der Waals surface area contributed by atoms with E-state index in [1.54, 1.807) is 19.3 Å². The van der Waals surface area contributed by atoms with E-state index < -0.39 is 0 Å². The van der Waals surface area contributed by atoms with Gasteiger partial charge in [-0.3, -0.25) is 19.1 Å². The topological polar surface area (TPSA) is 89.8 Å². The highest BCUT2D eigenvalue weighted by molar-refractivity contribution is 7.13. The molecular formula is C20H17N5O2S. The van der Waals surface area contributed by atoms with Crippen LogP contribution in [0.3, 0.4) is 0 Å². The van der Waals surface area contributed by atoms with E-state index in [2.05, 4.69) is 19.7 Å². The van der Waals surface area contributed by atoms with Crippen molar-refractivity contribution in [1.29, 1.82) is 0 Å². The van der Waals surface area contributed by atoms with Gasteiger partial charge in [0.1, 0.15) is 28.3 Å². The maximum Gasteiger partial charge on any atom is 0.273 e. The second-order valence-electron chi connectivity index (χ2n) is 6.41. The predicted molar refractivity (Wildman–Crippen MR) is 109 cm³/mol. The molecule has 3 aromatic heterocycles. The van der Waals surface area contributed by atoms with Gasteiger partial charge in [0, 0.05) is 23.6 Å². The molecule has 0 radical (unpaired) electrons. The summed E-state index contributed by atoms with van der Waals surface area (Å²) < 4.78 is 6.21. The number of benzene rings is 1. The third kappa shape index (κ3) is 3.41. The fourth-order valence-corrected chi connectivity index (χ4v) is 3.76. The Labute approximate surface area is 164 Å². The molecule has 1 aromatic carbocycles. The fourth-order valence-electron chi connectivity index (χ4n) is 2.97. The number of hydrogen-bond donors (Lipinski definition) is 1. The Morgan fingerprint density at radius 2 is 1.96 bits per heavy atom. The monoisotopic (exact) mass is 391 g/mol. The standard InChI is InChI=1S/C20H17N5O2S/c1-12-4-3-5-15(10-12)23-16(26)11-25-13(2)22-18-17(14-6-8-21-9-7-14)24-28-19(18)20(25)27/h3-10H,11H2,1-2H3,(H,23,26). The molecule has 1 amide bonds. The van der Waals surface area contributed by atoms with E-state index in [9.17, 15) is 9.59 Å². The molecule has 0 fully saturated rings. The van der Waals surface area contributed by atoms with Gasteiger partial charge >= 0.3 is 0 Å². The van der Waals surface area contributed by atoms with Crippen molar-refractivity contribution in [2.75, 3.05) is 5.32 Å². The summed E-state index contributed by atoms with van der Waals surface area (Å²) in [7, 11) is 0. The third-order valence-electron chi connectivity index (χ3n) is 4.33. The van der Waals surface area contributed by atoms with Crippen molar-refractivity contribution in [2.24, 2.45) is 0 Å². The predicted octanol–water partition coefficient (Wildman–Crippen LogP) is 3.17. The van der Waals surface area contributed by atoms with Crippen LogP contribution in [0.5, 0.6) is 0 Å². The number of aromatic nitrogens is 4. The van der Waals surface area contributed by atoms with Crippen LogP contribution >= 0.6 is 11.5 Å². The van der Waals surface area contributed by atoms with E-state index in [1.807, 2.05) is 43.3 Å². The normalized spacial score (nSPS) is 10.9. The number of fused-ring (bicyclic) bond motifs is 1.